The molecule has 0 aliphatic rings. The van der Waals surface area contributed by atoms with Gasteiger partial charge in [0.25, 0.3) is 0 Å². The molecule has 0 saturated heterocycles. The molecule has 5 nitrogen and oxygen atoms in total. The van der Waals surface area contributed by atoms with Crippen LogP contribution < -0.4 is 0 Å². The fourth-order valence-corrected chi connectivity index (χ4v) is 3.55. The Morgan fingerprint density at radius 3 is 2.68 bits per heavy atom. The number of nitrogens with zero attached hydrogens (tertiary/aromatic N) is 4. The van der Waals surface area contributed by atoms with Crippen LogP contribution in [0.15, 0.2) is 30.6 Å². The summed E-state index contributed by atoms with van der Waals surface area (Å²) in [5.41, 5.74) is 2.59. The quantitative estimate of drug-likeness (QED) is 0.252. The first-order valence-electron chi connectivity index (χ1n) is 8.05. The summed E-state index contributed by atoms with van der Waals surface area (Å²) in [4.78, 5) is 12.4. The van der Waals surface area contributed by atoms with Gasteiger partial charge in [0.1, 0.15) is 11.9 Å². The highest BCUT2D eigenvalue weighted by Gasteiger charge is 2.15. The van der Waals surface area contributed by atoms with Crippen LogP contribution in [-0.4, -0.2) is 34.2 Å². The largest absolute Gasteiger partial charge is 0.361 e. The third kappa shape index (κ3) is 4.58. The number of fused-ring (bicyclic) bond motifs is 1. The second kappa shape index (κ2) is 7.41. The van der Waals surface area contributed by atoms with Crippen molar-refractivity contribution in [3.05, 3.63) is 41.0 Å². The number of hydrogen-bond acceptors (Lipinski definition) is 4. The molecule has 0 N–H and O–H groups in total. The third-order valence-electron chi connectivity index (χ3n) is 3.86. The van der Waals surface area contributed by atoms with Crippen LogP contribution in [0.25, 0.3) is 22.3 Å². The molecule has 25 heavy (non-hydrogen) atoms. The monoisotopic (exact) mass is 394 g/mol. The molecule has 132 valence electrons. The van der Waals surface area contributed by atoms with E-state index in [1.807, 2.05) is 22.8 Å². The van der Waals surface area contributed by atoms with Crippen LogP contribution in [-0.2, 0) is 11.5 Å². The van der Waals surface area contributed by atoms with E-state index in [2.05, 4.69) is 34.6 Å². The van der Waals surface area contributed by atoms with Crippen molar-refractivity contribution in [2.75, 3.05) is 6.61 Å². The topological polar surface area (TPSA) is 52.8 Å². The van der Waals surface area contributed by atoms with Gasteiger partial charge in [-0.25, -0.2) is 15.0 Å². The van der Waals surface area contributed by atoms with Gasteiger partial charge in [0.05, 0.1) is 16.9 Å². The maximum atomic E-state index is 6.09. The van der Waals surface area contributed by atoms with Gasteiger partial charge >= 0.3 is 0 Å². The van der Waals surface area contributed by atoms with Gasteiger partial charge in [-0.05, 0) is 35.8 Å². The lowest BCUT2D eigenvalue weighted by Crippen LogP contribution is -2.22. The molecule has 0 unspecified atom stereocenters. The summed E-state index contributed by atoms with van der Waals surface area (Å²) >= 11 is 12.0. The number of aromatic nitrogens is 4. The summed E-state index contributed by atoms with van der Waals surface area (Å²) in [6.07, 6.45) is 3.40. The lowest BCUT2D eigenvalue weighted by molar-refractivity contribution is 0.0912. The molecule has 3 aromatic rings. The fraction of sp³-hybridized carbons (Fsp3) is 0.353. The van der Waals surface area contributed by atoms with Crippen molar-refractivity contribution in [1.29, 1.82) is 0 Å². The highest BCUT2D eigenvalue weighted by molar-refractivity contribution is 6.76. The molecule has 0 radical (unpaired) electrons. The summed E-state index contributed by atoms with van der Waals surface area (Å²) < 4.78 is 8.00. The molecule has 0 spiro atoms. The standard InChI is InChI=1S/C17H20Cl2N4OSi/c1-25(2,3)7-6-24-11-23-14-9-16(18)21-10-12(14)8-15(23)13-4-5-20-17(19)22-13/h4-5,8-10H,6-7,11H2,1-3H3. The first kappa shape index (κ1) is 18.3. The molecule has 0 fully saturated rings. The minimum atomic E-state index is -1.13. The number of ether oxygens (including phenoxy) is 1. The Bertz CT molecular complexity index is 892. The summed E-state index contributed by atoms with van der Waals surface area (Å²) in [5, 5.41) is 1.63. The van der Waals surface area contributed by atoms with Crippen molar-refractivity contribution in [1.82, 2.24) is 19.5 Å². The van der Waals surface area contributed by atoms with E-state index in [0.717, 1.165) is 34.9 Å². The molecular formula is C17H20Cl2N4OSi. The van der Waals surface area contributed by atoms with Crippen LogP contribution in [0.4, 0.5) is 0 Å². The second-order valence-corrected chi connectivity index (χ2v) is 13.4. The predicted octanol–water partition coefficient (Wildman–Crippen LogP) is 5.11. The number of pyridine rings is 1. The molecule has 0 aliphatic carbocycles. The Labute approximate surface area is 158 Å². The van der Waals surface area contributed by atoms with Crippen molar-refractivity contribution in [2.24, 2.45) is 0 Å². The van der Waals surface area contributed by atoms with E-state index in [1.165, 1.54) is 0 Å². The summed E-state index contributed by atoms with van der Waals surface area (Å²) in [6, 6.07) is 6.79. The molecule has 0 bridgehead atoms. The molecule has 0 aromatic carbocycles. The molecule has 0 saturated carbocycles. The van der Waals surface area contributed by atoms with Crippen molar-refractivity contribution in [3.63, 3.8) is 0 Å². The molecular weight excluding hydrogens is 375 g/mol. The molecule has 3 heterocycles. The van der Waals surface area contributed by atoms with Gasteiger partial charge in [-0.1, -0.05) is 31.2 Å². The first-order valence-corrected chi connectivity index (χ1v) is 12.5. The van der Waals surface area contributed by atoms with Gasteiger partial charge in [0, 0.05) is 32.5 Å². The van der Waals surface area contributed by atoms with E-state index >= 15 is 0 Å². The SMILES string of the molecule is C[Si](C)(C)CCOCn1c(-c2ccnc(Cl)n2)cc2cnc(Cl)cc21. The zero-order chi connectivity index (χ0) is 18.0. The number of halogens is 2. The van der Waals surface area contributed by atoms with E-state index in [9.17, 15) is 0 Å². The number of hydrogen-bond donors (Lipinski definition) is 0. The zero-order valence-corrected chi connectivity index (χ0v) is 17.0. The van der Waals surface area contributed by atoms with Crippen molar-refractivity contribution < 1.29 is 4.74 Å². The maximum absolute atomic E-state index is 6.09. The van der Waals surface area contributed by atoms with Crippen LogP contribution in [0.5, 0.6) is 0 Å². The van der Waals surface area contributed by atoms with E-state index in [4.69, 9.17) is 27.9 Å². The fourth-order valence-electron chi connectivity index (χ4n) is 2.49. The Morgan fingerprint density at radius 2 is 1.96 bits per heavy atom. The summed E-state index contributed by atoms with van der Waals surface area (Å²) in [5.74, 6) is 0. The normalized spacial score (nSPS) is 12.0. The summed E-state index contributed by atoms with van der Waals surface area (Å²) in [6.45, 7) is 8.16. The molecule has 3 aromatic heterocycles. The zero-order valence-electron chi connectivity index (χ0n) is 14.5. The second-order valence-electron chi connectivity index (χ2n) is 7.08. The number of rotatable bonds is 6. The van der Waals surface area contributed by atoms with Crippen LogP contribution in [0, 0.1) is 0 Å². The van der Waals surface area contributed by atoms with Gasteiger partial charge < -0.3 is 9.30 Å². The molecule has 0 amide bonds. The first-order chi connectivity index (χ1) is 11.8. The van der Waals surface area contributed by atoms with E-state index in [0.29, 0.717) is 11.9 Å². The van der Waals surface area contributed by atoms with Crippen LogP contribution in [0.3, 0.4) is 0 Å². The van der Waals surface area contributed by atoms with Crippen molar-refractivity contribution in [3.8, 4) is 11.4 Å². The minimum Gasteiger partial charge on any atom is -0.361 e. The Kier molecular flexibility index (Phi) is 5.43. The predicted molar refractivity (Wildman–Crippen MR) is 105 cm³/mol. The van der Waals surface area contributed by atoms with E-state index in [1.54, 1.807) is 12.4 Å². The summed E-state index contributed by atoms with van der Waals surface area (Å²) in [7, 11) is -1.13. The van der Waals surface area contributed by atoms with Gasteiger partial charge in [-0.15, -0.1) is 0 Å². The van der Waals surface area contributed by atoms with Crippen LogP contribution in [0.1, 0.15) is 0 Å². The average molecular weight is 395 g/mol. The Morgan fingerprint density at radius 1 is 1.16 bits per heavy atom. The molecule has 0 atom stereocenters. The average Bonchev–Trinajstić information content (AvgIpc) is 2.88. The van der Waals surface area contributed by atoms with Gasteiger partial charge in [-0.3, -0.25) is 0 Å². The van der Waals surface area contributed by atoms with E-state index in [-0.39, 0.29) is 5.28 Å². The Hall–Kier alpha value is -1.47. The van der Waals surface area contributed by atoms with Gasteiger partial charge in [0.15, 0.2) is 0 Å². The van der Waals surface area contributed by atoms with E-state index < -0.39 is 8.07 Å². The lowest BCUT2D eigenvalue weighted by atomic mass is 10.3. The maximum Gasteiger partial charge on any atom is 0.222 e. The lowest BCUT2D eigenvalue weighted by Gasteiger charge is -2.16. The highest BCUT2D eigenvalue weighted by atomic mass is 35.5. The molecule has 8 heteroatoms. The van der Waals surface area contributed by atoms with Gasteiger partial charge in [-0.2, -0.15) is 0 Å². The third-order valence-corrected chi connectivity index (χ3v) is 5.95. The molecule has 0 aliphatic heterocycles. The highest BCUT2D eigenvalue weighted by Crippen LogP contribution is 2.28. The molecule has 3 rings (SSSR count). The smallest absolute Gasteiger partial charge is 0.222 e. The van der Waals surface area contributed by atoms with Crippen molar-refractivity contribution in [2.45, 2.75) is 32.4 Å². The minimum absolute atomic E-state index is 0.213. The van der Waals surface area contributed by atoms with Crippen LogP contribution in [0.2, 0.25) is 36.1 Å². The van der Waals surface area contributed by atoms with Gasteiger partial charge in [0.2, 0.25) is 5.28 Å². The Balaban J connectivity index is 1.95. The van der Waals surface area contributed by atoms with Crippen LogP contribution >= 0.6 is 23.2 Å². The van der Waals surface area contributed by atoms with Crippen molar-refractivity contribution >= 4 is 42.2 Å².